The maximum atomic E-state index is 9.04. The van der Waals surface area contributed by atoms with Gasteiger partial charge in [0.2, 0.25) is 0 Å². The van der Waals surface area contributed by atoms with Gasteiger partial charge in [-0.15, -0.1) is 0 Å². The van der Waals surface area contributed by atoms with E-state index in [9.17, 15) is 0 Å². The molecule has 84 valence electrons. The first-order valence-corrected chi connectivity index (χ1v) is 5.67. The van der Waals surface area contributed by atoms with Gasteiger partial charge in [-0.3, -0.25) is 0 Å². The molecule has 0 radical (unpaired) electrons. The van der Waals surface area contributed by atoms with Crippen molar-refractivity contribution in [1.82, 2.24) is 5.32 Å². The second kappa shape index (κ2) is 6.46. The third-order valence-electron chi connectivity index (χ3n) is 2.56. The predicted octanol–water partition coefficient (Wildman–Crippen LogP) is 2.77. The quantitative estimate of drug-likeness (QED) is 0.685. The minimum atomic E-state index is 0.376. The van der Waals surface area contributed by atoms with Crippen LogP contribution in [-0.2, 0) is 0 Å². The highest BCUT2D eigenvalue weighted by Gasteiger charge is 1.93. The van der Waals surface area contributed by atoms with Crippen LogP contribution in [0.1, 0.15) is 30.4 Å². The summed E-state index contributed by atoms with van der Waals surface area (Å²) in [5.41, 5.74) is 2.13. The maximum Gasteiger partial charge on any atom is 0.118 e. The average molecular weight is 207 g/mol. The lowest BCUT2D eigenvalue weighted by atomic mass is 10.1. The van der Waals surface area contributed by atoms with Crippen molar-refractivity contribution in [2.75, 3.05) is 13.1 Å². The molecule has 0 unspecified atom stereocenters. The van der Waals surface area contributed by atoms with Gasteiger partial charge in [0.25, 0.3) is 0 Å². The van der Waals surface area contributed by atoms with Crippen LogP contribution in [0.2, 0.25) is 0 Å². The highest BCUT2D eigenvalue weighted by Crippen LogP contribution is 2.15. The van der Waals surface area contributed by atoms with Crippen molar-refractivity contribution < 1.29 is 5.11 Å². The average Bonchev–Trinajstić information content (AvgIpc) is 2.27. The normalized spacial score (nSPS) is 15.3. The van der Waals surface area contributed by atoms with Gasteiger partial charge in [-0.2, -0.15) is 0 Å². The molecule has 15 heavy (non-hydrogen) atoms. The van der Waals surface area contributed by atoms with Gasteiger partial charge in [-0.05, 0) is 51.4 Å². The van der Waals surface area contributed by atoms with Gasteiger partial charge in [-0.25, -0.2) is 0 Å². The lowest BCUT2D eigenvalue weighted by Crippen LogP contribution is -2.21. The topological polar surface area (TPSA) is 32.3 Å². The summed E-state index contributed by atoms with van der Waals surface area (Å²) in [4.78, 5) is 0. The van der Waals surface area contributed by atoms with E-state index < -0.39 is 0 Å². The van der Waals surface area contributed by atoms with Gasteiger partial charge in [0.05, 0.1) is 0 Å². The lowest BCUT2D eigenvalue weighted by molar-refractivity contribution is 0.471. The Morgan fingerprint density at radius 2 is 1.73 bits per heavy atom. The molecule has 1 heterocycles. The van der Waals surface area contributed by atoms with Crippen LogP contribution in [0.25, 0.3) is 0 Å². The molecule has 1 saturated heterocycles. The molecular weight excluding hydrogens is 186 g/mol. The van der Waals surface area contributed by atoms with Crippen molar-refractivity contribution >= 4 is 0 Å². The first kappa shape index (κ1) is 12.1. The number of piperidine rings is 1. The smallest absolute Gasteiger partial charge is 0.118 e. The molecule has 0 atom stereocenters. The van der Waals surface area contributed by atoms with Crippen molar-refractivity contribution in [2.45, 2.75) is 33.1 Å². The first-order chi connectivity index (χ1) is 7.20. The van der Waals surface area contributed by atoms with Crippen LogP contribution in [-0.4, -0.2) is 18.2 Å². The Labute approximate surface area is 92.3 Å². The van der Waals surface area contributed by atoms with E-state index in [1.54, 1.807) is 6.07 Å². The van der Waals surface area contributed by atoms with E-state index >= 15 is 0 Å². The predicted molar refractivity (Wildman–Crippen MR) is 64.3 cm³/mol. The van der Waals surface area contributed by atoms with Crippen LogP contribution in [0.5, 0.6) is 5.75 Å². The van der Waals surface area contributed by atoms with Gasteiger partial charge in [0.15, 0.2) is 0 Å². The Kier molecular flexibility index (Phi) is 5.19. The molecule has 1 aromatic carbocycles. The number of aromatic hydroxyl groups is 1. The fraction of sp³-hybridized carbons (Fsp3) is 0.538. The molecule has 0 saturated carbocycles. The third kappa shape index (κ3) is 4.84. The number of phenols is 1. The van der Waals surface area contributed by atoms with Crippen LogP contribution >= 0.6 is 0 Å². The van der Waals surface area contributed by atoms with E-state index in [1.807, 2.05) is 26.0 Å². The Morgan fingerprint density at radius 1 is 1.07 bits per heavy atom. The minimum Gasteiger partial charge on any atom is -0.508 e. The standard InChI is InChI=1S/C8H10O.C5H11N/c1-6-3-4-8(9)7(2)5-6;1-2-4-6-5-3-1/h3-5,9H,1-2H3;6H,1-5H2. The molecule has 0 aliphatic carbocycles. The molecule has 2 nitrogen and oxygen atoms in total. The number of benzene rings is 1. The van der Waals surface area contributed by atoms with Crippen molar-refractivity contribution in [1.29, 1.82) is 0 Å². The molecular formula is C13H21NO. The van der Waals surface area contributed by atoms with E-state index in [4.69, 9.17) is 5.11 Å². The largest absolute Gasteiger partial charge is 0.508 e. The number of aryl methyl sites for hydroxylation is 2. The summed E-state index contributed by atoms with van der Waals surface area (Å²) in [6.07, 6.45) is 4.22. The third-order valence-corrected chi connectivity index (χ3v) is 2.56. The second-order valence-corrected chi connectivity index (χ2v) is 4.10. The summed E-state index contributed by atoms with van der Waals surface area (Å²) in [7, 11) is 0. The van der Waals surface area contributed by atoms with Crippen LogP contribution in [0.15, 0.2) is 18.2 Å². The van der Waals surface area contributed by atoms with E-state index in [-0.39, 0.29) is 0 Å². The van der Waals surface area contributed by atoms with Crippen LogP contribution in [0, 0.1) is 13.8 Å². The zero-order valence-electron chi connectivity index (χ0n) is 9.71. The highest BCUT2D eigenvalue weighted by atomic mass is 16.3. The fourth-order valence-electron chi connectivity index (χ4n) is 1.61. The monoisotopic (exact) mass is 207 g/mol. The van der Waals surface area contributed by atoms with Gasteiger partial charge >= 0.3 is 0 Å². The van der Waals surface area contributed by atoms with Crippen LogP contribution in [0.3, 0.4) is 0 Å². The van der Waals surface area contributed by atoms with E-state index in [0.29, 0.717) is 5.75 Å². The van der Waals surface area contributed by atoms with Crippen molar-refractivity contribution in [3.8, 4) is 5.75 Å². The maximum absolute atomic E-state index is 9.04. The first-order valence-electron chi connectivity index (χ1n) is 5.67. The van der Waals surface area contributed by atoms with Crippen molar-refractivity contribution in [3.63, 3.8) is 0 Å². The van der Waals surface area contributed by atoms with Gasteiger partial charge in [0.1, 0.15) is 5.75 Å². The molecule has 1 aromatic rings. The van der Waals surface area contributed by atoms with E-state index in [1.165, 1.54) is 37.9 Å². The molecule has 2 rings (SSSR count). The zero-order chi connectivity index (χ0) is 11.1. The number of hydrogen-bond acceptors (Lipinski definition) is 2. The molecule has 0 amide bonds. The van der Waals surface area contributed by atoms with Gasteiger partial charge in [-0.1, -0.05) is 24.1 Å². The Hall–Kier alpha value is -1.02. The van der Waals surface area contributed by atoms with Gasteiger partial charge in [0, 0.05) is 0 Å². The molecule has 2 N–H and O–H groups in total. The van der Waals surface area contributed by atoms with Crippen molar-refractivity contribution in [2.24, 2.45) is 0 Å². The number of phenolic OH excluding ortho intramolecular Hbond substituents is 1. The van der Waals surface area contributed by atoms with Crippen LogP contribution in [0.4, 0.5) is 0 Å². The summed E-state index contributed by atoms with van der Waals surface area (Å²) < 4.78 is 0. The van der Waals surface area contributed by atoms with Gasteiger partial charge < -0.3 is 10.4 Å². The van der Waals surface area contributed by atoms with E-state index in [0.717, 1.165) is 5.56 Å². The van der Waals surface area contributed by atoms with Crippen molar-refractivity contribution in [3.05, 3.63) is 29.3 Å². The fourth-order valence-corrected chi connectivity index (χ4v) is 1.61. The summed E-state index contributed by atoms with van der Waals surface area (Å²) >= 11 is 0. The molecule has 0 aromatic heterocycles. The van der Waals surface area contributed by atoms with E-state index in [2.05, 4.69) is 5.32 Å². The number of nitrogens with one attached hydrogen (secondary N) is 1. The summed E-state index contributed by atoms with van der Waals surface area (Å²) in [5.74, 6) is 0.376. The Morgan fingerprint density at radius 3 is 2.07 bits per heavy atom. The summed E-state index contributed by atoms with van der Waals surface area (Å²) in [5, 5.41) is 12.3. The lowest BCUT2D eigenvalue weighted by Gasteiger charge is -2.08. The summed E-state index contributed by atoms with van der Waals surface area (Å²) in [6.45, 7) is 6.40. The summed E-state index contributed by atoms with van der Waals surface area (Å²) in [6, 6.07) is 5.56. The number of rotatable bonds is 0. The molecule has 0 bridgehead atoms. The molecule has 1 fully saturated rings. The Bertz CT molecular complexity index is 281. The minimum absolute atomic E-state index is 0.376. The second-order valence-electron chi connectivity index (χ2n) is 4.10. The molecule has 1 aliphatic heterocycles. The SMILES string of the molecule is C1CCNCC1.Cc1ccc(O)c(C)c1. The molecule has 0 spiro atoms. The van der Waals surface area contributed by atoms with Crippen LogP contribution < -0.4 is 5.32 Å². The number of hydrogen-bond donors (Lipinski definition) is 2. The molecule has 1 aliphatic rings. The Balaban J connectivity index is 0.000000162. The highest BCUT2D eigenvalue weighted by molar-refractivity contribution is 5.34. The molecule has 2 heteroatoms. The zero-order valence-corrected chi connectivity index (χ0v) is 9.71.